The van der Waals surface area contributed by atoms with Gasteiger partial charge in [0, 0.05) is 11.1 Å². The van der Waals surface area contributed by atoms with Crippen molar-refractivity contribution in [2.75, 3.05) is 7.11 Å². The van der Waals surface area contributed by atoms with Gasteiger partial charge < -0.3 is 4.74 Å². The van der Waals surface area contributed by atoms with Gasteiger partial charge in [0.15, 0.2) is 11.6 Å². The quantitative estimate of drug-likeness (QED) is 0.834. The summed E-state index contributed by atoms with van der Waals surface area (Å²) in [4.78, 5) is 0. The molecule has 0 saturated heterocycles. The molecule has 0 bridgehead atoms. The lowest BCUT2D eigenvalue weighted by Gasteiger charge is -2.14. The molecule has 0 aliphatic heterocycles. The molecule has 1 aliphatic carbocycles. The molecule has 1 unspecified atom stereocenters. The van der Waals surface area contributed by atoms with Crippen LogP contribution in [0.4, 0.5) is 4.39 Å². The maximum Gasteiger partial charge on any atom is 0.173 e. The summed E-state index contributed by atoms with van der Waals surface area (Å²) in [6.07, 6.45) is 1.09. The molecule has 1 aromatic carbocycles. The molecule has 20 heavy (non-hydrogen) atoms. The van der Waals surface area contributed by atoms with E-state index in [2.05, 4.69) is 4.40 Å². The summed E-state index contributed by atoms with van der Waals surface area (Å²) in [6, 6.07) is 1.64. The molecule has 2 rings (SSSR count). The van der Waals surface area contributed by atoms with Crippen LogP contribution in [0, 0.1) is 5.82 Å². The Hall–Kier alpha value is -0.940. The Morgan fingerprint density at radius 3 is 2.60 bits per heavy atom. The van der Waals surface area contributed by atoms with Crippen molar-refractivity contribution in [3.05, 3.63) is 28.0 Å². The Morgan fingerprint density at radius 2 is 2.05 bits per heavy atom. The molecule has 0 fully saturated rings. The van der Waals surface area contributed by atoms with E-state index in [9.17, 15) is 8.60 Å². The molecule has 0 aromatic heterocycles. The van der Waals surface area contributed by atoms with Gasteiger partial charge in [0.05, 0.1) is 22.6 Å². The van der Waals surface area contributed by atoms with Gasteiger partial charge in [-0.3, -0.25) is 0 Å². The van der Waals surface area contributed by atoms with Gasteiger partial charge in [0.1, 0.15) is 11.0 Å². The van der Waals surface area contributed by atoms with Gasteiger partial charge in [-0.1, -0.05) is 11.6 Å². The highest BCUT2D eigenvalue weighted by Crippen LogP contribution is 2.37. The molecule has 0 spiro atoms. The van der Waals surface area contributed by atoms with Crippen molar-refractivity contribution in [1.29, 1.82) is 0 Å². The van der Waals surface area contributed by atoms with Crippen molar-refractivity contribution in [2.45, 2.75) is 38.4 Å². The third kappa shape index (κ3) is 2.74. The van der Waals surface area contributed by atoms with Crippen LogP contribution in [0.5, 0.6) is 5.75 Å². The van der Waals surface area contributed by atoms with Crippen LogP contribution in [0.3, 0.4) is 0 Å². The van der Waals surface area contributed by atoms with Crippen LogP contribution < -0.4 is 4.74 Å². The summed E-state index contributed by atoms with van der Waals surface area (Å²) in [5, 5.41) is 0.208. The minimum absolute atomic E-state index is 0.0589. The van der Waals surface area contributed by atoms with Crippen LogP contribution in [0.2, 0.25) is 5.02 Å². The Balaban J connectivity index is 2.49. The van der Waals surface area contributed by atoms with Crippen molar-refractivity contribution in [3.8, 4) is 5.75 Å². The number of hydrogen-bond donors (Lipinski definition) is 0. The Morgan fingerprint density at radius 1 is 1.40 bits per heavy atom. The average Bonchev–Trinajstić information content (AvgIpc) is 2.72. The van der Waals surface area contributed by atoms with Crippen molar-refractivity contribution in [1.82, 2.24) is 0 Å². The number of methoxy groups -OCH3 is 1. The maximum absolute atomic E-state index is 14.2. The fourth-order valence-corrected chi connectivity index (χ4v) is 2.97. The highest BCUT2D eigenvalue weighted by molar-refractivity contribution is 7.85. The summed E-state index contributed by atoms with van der Waals surface area (Å²) in [5.41, 5.74) is 1.83. The summed E-state index contributed by atoms with van der Waals surface area (Å²) >= 11 is 6.01. The van der Waals surface area contributed by atoms with Crippen molar-refractivity contribution >= 4 is 28.3 Å². The van der Waals surface area contributed by atoms with E-state index in [0.717, 1.165) is 0 Å². The molecule has 1 atom stereocenters. The average molecular weight is 318 g/mol. The lowest BCUT2D eigenvalue weighted by molar-refractivity contribution is 0.385. The Bertz CT molecular complexity index is 608. The highest BCUT2D eigenvalue weighted by Gasteiger charge is 2.28. The molecule has 6 heteroatoms. The summed E-state index contributed by atoms with van der Waals surface area (Å²) in [5.74, 6) is -0.384. The van der Waals surface area contributed by atoms with E-state index >= 15 is 0 Å². The van der Waals surface area contributed by atoms with E-state index < -0.39 is 21.5 Å². The number of rotatable bonds is 2. The molecule has 0 saturated carbocycles. The molecule has 0 radical (unpaired) electrons. The fraction of sp³-hybridized carbons (Fsp3) is 0.500. The van der Waals surface area contributed by atoms with Crippen LogP contribution in [-0.2, 0) is 17.4 Å². The number of benzene rings is 1. The van der Waals surface area contributed by atoms with Gasteiger partial charge in [-0.15, -0.1) is 0 Å². The molecule has 0 N–H and O–H groups in total. The lowest BCUT2D eigenvalue weighted by Crippen LogP contribution is -2.20. The molecule has 1 aliphatic rings. The fourth-order valence-electron chi connectivity index (χ4n) is 2.04. The zero-order chi connectivity index (χ0) is 15.1. The van der Waals surface area contributed by atoms with Crippen molar-refractivity contribution < 1.29 is 13.3 Å². The Kier molecular flexibility index (Phi) is 4.21. The molecule has 0 heterocycles. The zero-order valence-corrected chi connectivity index (χ0v) is 13.5. The van der Waals surface area contributed by atoms with E-state index in [4.69, 9.17) is 16.3 Å². The summed E-state index contributed by atoms with van der Waals surface area (Å²) < 4.78 is 35.1. The van der Waals surface area contributed by atoms with Crippen molar-refractivity contribution in [3.63, 3.8) is 0 Å². The number of nitrogens with zero attached hydrogens (tertiary/aromatic N) is 1. The van der Waals surface area contributed by atoms with Gasteiger partial charge in [-0.25, -0.2) is 8.60 Å². The molecule has 1 aromatic rings. The molecule has 110 valence electrons. The summed E-state index contributed by atoms with van der Waals surface area (Å²) in [7, 11) is 0.0206. The van der Waals surface area contributed by atoms with Crippen LogP contribution in [-0.4, -0.2) is 21.8 Å². The van der Waals surface area contributed by atoms with Crippen molar-refractivity contribution in [2.24, 2.45) is 4.40 Å². The number of hydrogen-bond acceptors (Lipinski definition) is 2. The largest absolute Gasteiger partial charge is 0.492 e. The second-order valence-electron chi connectivity index (χ2n) is 5.63. The SMILES string of the molecule is COc1c(Cl)cc2c(c1F)CCC2=NS(=O)C(C)(C)C. The number of halogens is 2. The normalized spacial score (nSPS) is 18.2. The van der Waals surface area contributed by atoms with Crippen LogP contribution in [0.25, 0.3) is 0 Å². The third-order valence-corrected chi connectivity index (χ3v) is 4.84. The Labute approximate surface area is 125 Å². The van der Waals surface area contributed by atoms with E-state index in [1.807, 2.05) is 20.8 Å². The minimum Gasteiger partial charge on any atom is -0.492 e. The van der Waals surface area contributed by atoms with E-state index in [1.54, 1.807) is 6.07 Å². The summed E-state index contributed by atoms with van der Waals surface area (Å²) in [6.45, 7) is 5.56. The smallest absolute Gasteiger partial charge is 0.173 e. The predicted octanol–water partition coefficient (Wildman–Crippen LogP) is 3.69. The molecular formula is C14H17ClFNO2S. The van der Waals surface area contributed by atoms with Gasteiger partial charge in [-0.2, -0.15) is 4.40 Å². The van der Waals surface area contributed by atoms with E-state index in [0.29, 0.717) is 29.7 Å². The second-order valence-corrected chi connectivity index (χ2v) is 7.94. The number of ether oxygens (including phenoxy) is 1. The van der Waals surface area contributed by atoms with Gasteiger partial charge in [0.2, 0.25) is 0 Å². The highest BCUT2D eigenvalue weighted by atomic mass is 35.5. The first-order valence-electron chi connectivity index (χ1n) is 6.30. The second kappa shape index (κ2) is 5.45. The van der Waals surface area contributed by atoms with E-state index in [-0.39, 0.29) is 10.8 Å². The van der Waals surface area contributed by atoms with Crippen LogP contribution in [0.1, 0.15) is 38.3 Å². The number of fused-ring (bicyclic) bond motifs is 1. The van der Waals surface area contributed by atoms with E-state index in [1.165, 1.54) is 7.11 Å². The monoisotopic (exact) mass is 317 g/mol. The standard InChI is InChI=1S/C14H17ClFNO2S/c1-14(2,3)20(18)17-11-6-5-8-9(11)7-10(15)13(19-4)12(8)16/h7H,5-6H2,1-4H3. The van der Waals surface area contributed by atoms with Crippen LogP contribution >= 0.6 is 11.6 Å². The first kappa shape index (κ1) is 15.4. The third-order valence-electron chi connectivity index (χ3n) is 3.12. The first-order valence-corrected chi connectivity index (χ1v) is 7.79. The predicted molar refractivity (Wildman–Crippen MR) is 80.7 cm³/mol. The lowest BCUT2D eigenvalue weighted by atomic mass is 10.1. The molecular weight excluding hydrogens is 301 g/mol. The topological polar surface area (TPSA) is 38.7 Å². The minimum atomic E-state index is -1.36. The first-order chi connectivity index (χ1) is 9.25. The van der Waals surface area contributed by atoms with Crippen LogP contribution in [0.15, 0.2) is 10.5 Å². The molecule has 0 amide bonds. The van der Waals surface area contributed by atoms with Gasteiger partial charge in [0.25, 0.3) is 0 Å². The van der Waals surface area contributed by atoms with Gasteiger partial charge >= 0.3 is 0 Å². The molecule has 3 nitrogen and oxygen atoms in total. The zero-order valence-electron chi connectivity index (χ0n) is 11.9. The maximum atomic E-state index is 14.2. The van der Waals surface area contributed by atoms with Gasteiger partial charge in [-0.05, 0) is 39.7 Å².